The van der Waals surface area contributed by atoms with Gasteiger partial charge in [-0.3, -0.25) is 0 Å². The zero-order valence-corrected chi connectivity index (χ0v) is 13.7. The zero-order chi connectivity index (χ0) is 15.7. The van der Waals surface area contributed by atoms with E-state index in [0.717, 1.165) is 31.7 Å². The second-order valence-electron chi connectivity index (χ2n) is 5.78. The Morgan fingerprint density at radius 1 is 1.33 bits per heavy atom. The number of rotatable bonds is 5. The van der Waals surface area contributed by atoms with Gasteiger partial charge in [0.1, 0.15) is 10.7 Å². The largest absolute Gasteiger partial charge is 0.316 e. The van der Waals surface area contributed by atoms with E-state index in [1.165, 1.54) is 6.07 Å². The van der Waals surface area contributed by atoms with E-state index in [9.17, 15) is 12.8 Å². The van der Waals surface area contributed by atoms with Crippen molar-refractivity contribution in [2.24, 2.45) is 0 Å². The molecule has 0 radical (unpaired) electrons. The minimum atomic E-state index is -3.93. The van der Waals surface area contributed by atoms with Crippen LogP contribution >= 0.6 is 11.6 Å². The molecule has 1 fully saturated rings. The summed E-state index contributed by atoms with van der Waals surface area (Å²) in [6, 6.07) is 2.60. The Labute approximate surface area is 130 Å². The summed E-state index contributed by atoms with van der Waals surface area (Å²) in [6.07, 6.45) is 3.47. The number of halogens is 2. The number of benzene rings is 1. The molecule has 0 heterocycles. The van der Waals surface area contributed by atoms with E-state index in [4.69, 9.17) is 11.6 Å². The van der Waals surface area contributed by atoms with Gasteiger partial charge in [0.15, 0.2) is 0 Å². The molecule has 1 saturated carbocycles. The fraction of sp³-hybridized carbons (Fsp3) is 0.571. The van der Waals surface area contributed by atoms with Crippen LogP contribution in [0, 0.1) is 5.82 Å². The molecule has 0 atom stereocenters. The van der Waals surface area contributed by atoms with Gasteiger partial charge in [-0.1, -0.05) is 24.4 Å². The van der Waals surface area contributed by atoms with Crippen LogP contribution in [-0.2, 0) is 16.6 Å². The molecule has 0 spiro atoms. The summed E-state index contributed by atoms with van der Waals surface area (Å²) in [5.41, 5.74) is -0.265. The summed E-state index contributed by atoms with van der Waals surface area (Å²) in [5.74, 6) is -0.747. The van der Waals surface area contributed by atoms with Crippen LogP contribution in [0.25, 0.3) is 0 Å². The van der Waals surface area contributed by atoms with Crippen LogP contribution < -0.4 is 10.0 Å². The zero-order valence-electron chi connectivity index (χ0n) is 12.2. The van der Waals surface area contributed by atoms with Gasteiger partial charge in [-0.15, -0.1) is 0 Å². The normalized spacial score (nSPS) is 18.1. The van der Waals surface area contributed by atoms with E-state index in [1.54, 1.807) is 7.05 Å². The molecule has 7 heteroatoms. The maximum absolute atomic E-state index is 14.4. The van der Waals surface area contributed by atoms with Crippen molar-refractivity contribution in [1.82, 2.24) is 10.0 Å². The molecule has 0 bridgehead atoms. The third-order valence-corrected chi connectivity index (χ3v) is 5.68. The maximum atomic E-state index is 14.4. The van der Waals surface area contributed by atoms with Crippen molar-refractivity contribution in [2.75, 3.05) is 7.05 Å². The van der Waals surface area contributed by atoms with Gasteiger partial charge >= 0.3 is 0 Å². The molecule has 0 unspecified atom stereocenters. The fourth-order valence-corrected chi connectivity index (χ4v) is 4.69. The van der Waals surface area contributed by atoms with Gasteiger partial charge < -0.3 is 5.32 Å². The summed E-state index contributed by atoms with van der Waals surface area (Å²) >= 11 is 5.93. The average molecular weight is 335 g/mol. The summed E-state index contributed by atoms with van der Waals surface area (Å²) in [5, 5.41) is 3.00. The van der Waals surface area contributed by atoms with Gasteiger partial charge in [-0.25, -0.2) is 17.5 Å². The Hall–Kier alpha value is -0.690. The highest BCUT2D eigenvalue weighted by Gasteiger charge is 2.35. The lowest BCUT2D eigenvalue weighted by molar-refractivity contribution is 0.425. The fourth-order valence-electron chi connectivity index (χ4n) is 2.77. The maximum Gasteiger partial charge on any atom is 0.244 e. The molecule has 4 nitrogen and oxygen atoms in total. The topological polar surface area (TPSA) is 58.2 Å². The molecule has 0 amide bonds. The summed E-state index contributed by atoms with van der Waals surface area (Å²) in [4.78, 5) is -0.381. The van der Waals surface area contributed by atoms with Crippen molar-refractivity contribution < 1.29 is 12.8 Å². The van der Waals surface area contributed by atoms with Gasteiger partial charge in [0.2, 0.25) is 10.0 Å². The minimum Gasteiger partial charge on any atom is -0.316 e. The van der Waals surface area contributed by atoms with Crippen molar-refractivity contribution in [2.45, 2.75) is 49.6 Å². The molecule has 0 aliphatic heterocycles. The van der Waals surface area contributed by atoms with Crippen LogP contribution in [0.1, 0.15) is 38.2 Å². The third-order valence-electron chi connectivity index (χ3n) is 3.82. The molecule has 1 aromatic carbocycles. The monoisotopic (exact) mass is 334 g/mol. The summed E-state index contributed by atoms with van der Waals surface area (Å²) < 4.78 is 42.0. The van der Waals surface area contributed by atoms with Crippen LogP contribution in [0.5, 0.6) is 0 Å². The molecule has 1 aliphatic carbocycles. The second-order valence-corrected chi connectivity index (χ2v) is 7.87. The molecule has 118 valence electrons. The standard InChI is InChI=1S/C14H20ClFN2O2S/c1-14(5-3-4-6-14)18-21(19,20)12-8-11(15)7-10(9-17-2)13(12)16/h7-8,17-18H,3-6,9H2,1-2H3. The lowest BCUT2D eigenvalue weighted by Gasteiger charge is -2.25. The van der Waals surface area contributed by atoms with Crippen molar-refractivity contribution in [3.05, 3.63) is 28.5 Å². The third kappa shape index (κ3) is 3.74. The van der Waals surface area contributed by atoms with Crippen molar-refractivity contribution in [1.29, 1.82) is 0 Å². The van der Waals surface area contributed by atoms with Crippen molar-refractivity contribution in [3.8, 4) is 0 Å². The Balaban J connectivity index is 2.39. The molecule has 1 aliphatic rings. The first-order valence-corrected chi connectivity index (χ1v) is 8.80. The van der Waals surface area contributed by atoms with E-state index in [-0.39, 0.29) is 22.0 Å². The number of hydrogen-bond donors (Lipinski definition) is 2. The first kappa shape index (κ1) is 16.7. The van der Waals surface area contributed by atoms with Crippen LogP contribution in [0.3, 0.4) is 0 Å². The van der Waals surface area contributed by atoms with Gasteiger partial charge in [0, 0.05) is 22.7 Å². The number of nitrogens with one attached hydrogen (secondary N) is 2. The van der Waals surface area contributed by atoms with Crippen LogP contribution in [-0.4, -0.2) is 21.0 Å². The first-order chi connectivity index (χ1) is 9.77. The van der Waals surface area contributed by atoms with E-state index >= 15 is 0 Å². The molecule has 2 rings (SSSR count). The molecule has 1 aromatic rings. The van der Waals surface area contributed by atoms with Crippen molar-refractivity contribution >= 4 is 21.6 Å². The molecule has 2 N–H and O–H groups in total. The predicted octanol–water partition coefficient (Wildman–Crippen LogP) is 2.81. The lowest BCUT2D eigenvalue weighted by Crippen LogP contribution is -2.43. The van der Waals surface area contributed by atoms with Crippen LogP contribution in [0.2, 0.25) is 5.02 Å². The summed E-state index contributed by atoms with van der Waals surface area (Å²) in [6.45, 7) is 2.07. The van der Waals surface area contributed by atoms with Gasteiger partial charge in [0.05, 0.1) is 0 Å². The Bertz CT molecular complexity index is 628. The second kappa shape index (κ2) is 6.20. The highest BCUT2D eigenvalue weighted by Crippen LogP contribution is 2.32. The Morgan fingerprint density at radius 2 is 1.95 bits per heavy atom. The van der Waals surface area contributed by atoms with Crippen molar-refractivity contribution in [3.63, 3.8) is 0 Å². The quantitative estimate of drug-likeness (QED) is 0.870. The Morgan fingerprint density at radius 3 is 2.52 bits per heavy atom. The molecule has 21 heavy (non-hydrogen) atoms. The van der Waals surface area contributed by atoms with Gasteiger partial charge in [-0.05, 0) is 38.9 Å². The van der Waals surface area contributed by atoms with E-state index in [1.807, 2.05) is 6.92 Å². The smallest absolute Gasteiger partial charge is 0.244 e. The Kier molecular flexibility index (Phi) is 4.92. The highest BCUT2D eigenvalue weighted by molar-refractivity contribution is 7.89. The molecule has 0 saturated heterocycles. The number of hydrogen-bond acceptors (Lipinski definition) is 3. The van der Waals surface area contributed by atoms with E-state index < -0.39 is 21.4 Å². The van der Waals surface area contributed by atoms with Gasteiger partial charge in [0.25, 0.3) is 0 Å². The SMILES string of the molecule is CNCc1cc(Cl)cc(S(=O)(=O)NC2(C)CCCC2)c1F. The van der Waals surface area contributed by atoms with Gasteiger partial charge in [-0.2, -0.15) is 0 Å². The van der Waals surface area contributed by atoms with E-state index in [0.29, 0.717) is 0 Å². The molecule has 0 aromatic heterocycles. The molecular formula is C14H20ClFN2O2S. The predicted molar refractivity (Wildman–Crippen MR) is 81.4 cm³/mol. The van der Waals surface area contributed by atoms with Crippen LogP contribution in [0.4, 0.5) is 4.39 Å². The van der Waals surface area contributed by atoms with E-state index in [2.05, 4.69) is 10.0 Å². The summed E-state index contributed by atoms with van der Waals surface area (Å²) in [7, 11) is -2.27. The number of sulfonamides is 1. The minimum absolute atomic E-state index is 0.207. The highest BCUT2D eigenvalue weighted by atomic mass is 35.5. The molecular weight excluding hydrogens is 315 g/mol. The first-order valence-electron chi connectivity index (χ1n) is 6.94. The average Bonchev–Trinajstić information content (AvgIpc) is 2.79. The lowest BCUT2D eigenvalue weighted by atomic mass is 10.0. The van der Waals surface area contributed by atoms with Crippen LogP contribution in [0.15, 0.2) is 17.0 Å².